The molecule has 0 saturated carbocycles. The first-order chi connectivity index (χ1) is 10.0. The summed E-state index contributed by atoms with van der Waals surface area (Å²) in [5.41, 5.74) is 6.35. The Morgan fingerprint density at radius 2 is 2.10 bits per heavy atom. The van der Waals surface area contributed by atoms with E-state index in [1.165, 1.54) is 12.1 Å². The molecule has 3 N–H and O–H groups in total. The second-order valence-corrected chi connectivity index (χ2v) is 5.26. The van der Waals surface area contributed by atoms with E-state index >= 15 is 0 Å². The highest BCUT2D eigenvalue weighted by molar-refractivity contribution is 9.10. The standard InChI is InChI=1S/C15H14BrFN2O2/c16-10-4-5-13(17)14(8-10)19-15(20)6-7-21-12-3-1-2-11(18)9-12/h1-5,8-9H,6-7,18H2,(H,19,20). The second-order valence-electron chi connectivity index (χ2n) is 4.34. The Morgan fingerprint density at radius 3 is 2.86 bits per heavy atom. The molecule has 4 nitrogen and oxygen atoms in total. The van der Waals surface area contributed by atoms with E-state index in [1.54, 1.807) is 30.3 Å². The molecule has 0 atom stereocenters. The highest BCUT2D eigenvalue weighted by Gasteiger charge is 2.08. The van der Waals surface area contributed by atoms with Crippen molar-refractivity contribution in [1.82, 2.24) is 0 Å². The largest absolute Gasteiger partial charge is 0.493 e. The van der Waals surface area contributed by atoms with Crippen LogP contribution in [-0.2, 0) is 4.79 Å². The van der Waals surface area contributed by atoms with Crippen LogP contribution in [0.3, 0.4) is 0 Å². The number of ether oxygens (including phenoxy) is 1. The Hall–Kier alpha value is -2.08. The van der Waals surface area contributed by atoms with Crippen LogP contribution in [-0.4, -0.2) is 12.5 Å². The van der Waals surface area contributed by atoms with Crippen LogP contribution in [0.4, 0.5) is 15.8 Å². The van der Waals surface area contributed by atoms with Gasteiger partial charge in [0.1, 0.15) is 11.6 Å². The number of carbonyl (C=O) groups excluding carboxylic acids is 1. The Labute approximate surface area is 130 Å². The lowest BCUT2D eigenvalue weighted by molar-refractivity contribution is -0.116. The van der Waals surface area contributed by atoms with Crippen molar-refractivity contribution in [2.75, 3.05) is 17.7 Å². The van der Waals surface area contributed by atoms with E-state index in [9.17, 15) is 9.18 Å². The van der Waals surface area contributed by atoms with Crippen molar-refractivity contribution >= 4 is 33.2 Å². The molecule has 0 fully saturated rings. The molecule has 2 aromatic carbocycles. The highest BCUT2D eigenvalue weighted by atomic mass is 79.9. The van der Waals surface area contributed by atoms with Crippen molar-refractivity contribution in [3.05, 3.63) is 52.8 Å². The monoisotopic (exact) mass is 352 g/mol. The first-order valence-corrected chi connectivity index (χ1v) is 7.07. The lowest BCUT2D eigenvalue weighted by atomic mass is 10.3. The summed E-state index contributed by atoms with van der Waals surface area (Å²) in [6, 6.07) is 11.3. The number of amides is 1. The van der Waals surface area contributed by atoms with Gasteiger partial charge >= 0.3 is 0 Å². The summed E-state index contributed by atoms with van der Waals surface area (Å²) in [7, 11) is 0. The maximum Gasteiger partial charge on any atom is 0.227 e. The molecule has 0 heterocycles. The summed E-state index contributed by atoms with van der Waals surface area (Å²) in [6.07, 6.45) is 0.112. The van der Waals surface area contributed by atoms with Crippen LogP contribution < -0.4 is 15.8 Å². The van der Waals surface area contributed by atoms with Gasteiger partial charge < -0.3 is 15.8 Å². The van der Waals surface area contributed by atoms with E-state index < -0.39 is 5.82 Å². The zero-order valence-electron chi connectivity index (χ0n) is 11.1. The van der Waals surface area contributed by atoms with Gasteiger partial charge in [-0.25, -0.2) is 4.39 Å². The topological polar surface area (TPSA) is 64.3 Å². The molecule has 6 heteroatoms. The summed E-state index contributed by atoms with van der Waals surface area (Å²) in [6.45, 7) is 0.185. The zero-order chi connectivity index (χ0) is 15.2. The summed E-state index contributed by atoms with van der Waals surface area (Å²) >= 11 is 3.22. The third-order valence-electron chi connectivity index (χ3n) is 2.66. The van der Waals surface area contributed by atoms with Crippen molar-refractivity contribution in [3.63, 3.8) is 0 Å². The predicted molar refractivity (Wildman–Crippen MR) is 83.7 cm³/mol. The van der Waals surface area contributed by atoms with Gasteiger partial charge in [-0.15, -0.1) is 0 Å². The van der Waals surface area contributed by atoms with Gasteiger partial charge in [0.2, 0.25) is 5.91 Å². The molecular weight excluding hydrogens is 339 g/mol. The third-order valence-corrected chi connectivity index (χ3v) is 3.15. The maximum absolute atomic E-state index is 13.5. The molecule has 110 valence electrons. The number of nitrogens with one attached hydrogen (secondary N) is 1. The fourth-order valence-electron chi connectivity index (χ4n) is 1.67. The molecule has 0 saturated heterocycles. The first-order valence-electron chi connectivity index (χ1n) is 6.28. The molecule has 2 aromatic rings. The second kappa shape index (κ2) is 7.08. The van der Waals surface area contributed by atoms with E-state index in [2.05, 4.69) is 21.2 Å². The van der Waals surface area contributed by atoms with Crippen molar-refractivity contribution in [3.8, 4) is 5.75 Å². The van der Waals surface area contributed by atoms with Crippen LogP contribution in [0.15, 0.2) is 46.9 Å². The van der Waals surface area contributed by atoms with E-state index in [-0.39, 0.29) is 24.6 Å². The molecule has 0 aliphatic heterocycles. The molecule has 0 spiro atoms. The van der Waals surface area contributed by atoms with Gasteiger partial charge in [-0.1, -0.05) is 22.0 Å². The fourth-order valence-corrected chi connectivity index (χ4v) is 2.03. The molecule has 0 aliphatic carbocycles. The molecule has 0 radical (unpaired) electrons. The average Bonchev–Trinajstić information content (AvgIpc) is 2.43. The number of hydrogen-bond donors (Lipinski definition) is 2. The SMILES string of the molecule is Nc1cccc(OCCC(=O)Nc2cc(Br)ccc2F)c1. The lowest BCUT2D eigenvalue weighted by Gasteiger charge is -2.08. The van der Waals surface area contributed by atoms with Gasteiger partial charge in [0, 0.05) is 16.2 Å². The average molecular weight is 353 g/mol. The number of nitrogens with two attached hydrogens (primary N) is 1. The zero-order valence-corrected chi connectivity index (χ0v) is 12.7. The molecule has 21 heavy (non-hydrogen) atoms. The van der Waals surface area contributed by atoms with Crippen LogP contribution in [0.25, 0.3) is 0 Å². The molecule has 1 amide bonds. The van der Waals surface area contributed by atoms with Crippen LogP contribution in [0.2, 0.25) is 0 Å². The Kier molecular flexibility index (Phi) is 5.16. The minimum Gasteiger partial charge on any atom is -0.493 e. The van der Waals surface area contributed by atoms with Crippen molar-refractivity contribution in [2.45, 2.75) is 6.42 Å². The predicted octanol–water partition coefficient (Wildman–Crippen LogP) is 3.58. The van der Waals surface area contributed by atoms with Crippen LogP contribution >= 0.6 is 15.9 Å². The number of hydrogen-bond acceptors (Lipinski definition) is 3. The molecule has 0 unspecified atom stereocenters. The molecule has 0 bridgehead atoms. The fraction of sp³-hybridized carbons (Fsp3) is 0.133. The normalized spacial score (nSPS) is 10.2. The van der Waals surface area contributed by atoms with Crippen molar-refractivity contribution < 1.29 is 13.9 Å². The highest BCUT2D eigenvalue weighted by Crippen LogP contribution is 2.20. The van der Waals surface area contributed by atoms with Crippen molar-refractivity contribution in [2.24, 2.45) is 0 Å². The number of nitrogen functional groups attached to an aromatic ring is 1. The third kappa shape index (κ3) is 4.75. The van der Waals surface area contributed by atoms with E-state index in [0.29, 0.717) is 15.9 Å². The summed E-state index contributed by atoms with van der Waals surface area (Å²) in [5, 5.41) is 2.50. The number of anilines is 2. The minimum atomic E-state index is -0.483. The van der Waals surface area contributed by atoms with Gasteiger partial charge in [0.25, 0.3) is 0 Å². The molecule has 0 aliphatic rings. The first kappa shape index (κ1) is 15.3. The number of rotatable bonds is 5. The smallest absolute Gasteiger partial charge is 0.227 e. The Balaban J connectivity index is 1.84. The van der Waals surface area contributed by atoms with E-state index in [4.69, 9.17) is 10.5 Å². The molecular formula is C15H14BrFN2O2. The van der Waals surface area contributed by atoms with Gasteiger partial charge in [-0.2, -0.15) is 0 Å². The molecule has 2 rings (SSSR count). The maximum atomic E-state index is 13.5. The number of benzene rings is 2. The quantitative estimate of drug-likeness (QED) is 0.808. The van der Waals surface area contributed by atoms with Gasteiger partial charge in [0.05, 0.1) is 18.7 Å². The van der Waals surface area contributed by atoms with Gasteiger partial charge in [-0.05, 0) is 30.3 Å². The molecule has 0 aromatic heterocycles. The van der Waals surface area contributed by atoms with Crippen molar-refractivity contribution in [1.29, 1.82) is 0 Å². The summed E-state index contributed by atoms with van der Waals surface area (Å²) < 4.78 is 19.6. The Bertz CT molecular complexity index is 649. The van der Waals surface area contributed by atoms with E-state index in [1.807, 2.05) is 0 Å². The lowest BCUT2D eigenvalue weighted by Crippen LogP contribution is -2.16. The van der Waals surface area contributed by atoms with Crippen LogP contribution in [0.1, 0.15) is 6.42 Å². The summed E-state index contributed by atoms with van der Waals surface area (Å²) in [4.78, 5) is 11.7. The summed E-state index contributed by atoms with van der Waals surface area (Å²) in [5.74, 6) is -0.212. The number of halogens is 2. The van der Waals surface area contributed by atoms with Crippen LogP contribution in [0, 0.1) is 5.82 Å². The van der Waals surface area contributed by atoms with Gasteiger partial charge in [-0.3, -0.25) is 4.79 Å². The number of carbonyl (C=O) groups is 1. The Morgan fingerprint density at radius 1 is 1.29 bits per heavy atom. The van der Waals surface area contributed by atoms with Gasteiger partial charge in [0.15, 0.2) is 0 Å². The van der Waals surface area contributed by atoms with E-state index in [0.717, 1.165) is 0 Å². The minimum absolute atomic E-state index is 0.112. The van der Waals surface area contributed by atoms with Crippen LogP contribution in [0.5, 0.6) is 5.75 Å².